The van der Waals surface area contributed by atoms with Gasteiger partial charge in [0.1, 0.15) is 9.88 Å². The third-order valence-electron chi connectivity index (χ3n) is 3.99. The summed E-state index contributed by atoms with van der Waals surface area (Å²) in [6, 6.07) is -0.219. The number of thiazole rings is 1. The van der Waals surface area contributed by atoms with Gasteiger partial charge in [0.15, 0.2) is 0 Å². The zero-order chi connectivity index (χ0) is 16.6. The lowest BCUT2D eigenvalue weighted by Gasteiger charge is -2.22. The number of likely N-dealkylation sites (tertiary alicyclic amines) is 1. The Morgan fingerprint density at radius 1 is 1.48 bits per heavy atom. The van der Waals surface area contributed by atoms with Crippen molar-refractivity contribution in [2.24, 2.45) is 7.05 Å². The van der Waals surface area contributed by atoms with Gasteiger partial charge in [-0.25, -0.2) is 4.98 Å². The third-order valence-corrected chi connectivity index (χ3v) is 5.19. The summed E-state index contributed by atoms with van der Waals surface area (Å²) in [5, 5.41) is 13.9. The molecule has 0 spiro atoms. The summed E-state index contributed by atoms with van der Waals surface area (Å²) in [4.78, 5) is 30.5. The van der Waals surface area contributed by atoms with E-state index in [1.54, 1.807) is 15.8 Å². The monoisotopic (exact) mass is 334 g/mol. The summed E-state index contributed by atoms with van der Waals surface area (Å²) in [5.74, 6) is -0.981. The molecule has 3 rings (SSSR count). The van der Waals surface area contributed by atoms with E-state index in [1.165, 1.54) is 11.3 Å². The normalized spacial score (nSPS) is 17.7. The van der Waals surface area contributed by atoms with Crippen LogP contribution in [0.3, 0.4) is 0 Å². The fraction of sp³-hybridized carbons (Fsp3) is 0.467. The highest BCUT2D eigenvalue weighted by Crippen LogP contribution is 2.31. The van der Waals surface area contributed by atoms with Gasteiger partial charge in [-0.15, -0.1) is 11.3 Å². The highest BCUT2D eigenvalue weighted by molar-refractivity contribution is 7.17. The molecule has 1 aliphatic heterocycles. The number of aryl methyl sites for hydroxylation is 2. The van der Waals surface area contributed by atoms with Crippen molar-refractivity contribution < 1.29 is 14.7 Å². The summed E-state index contributed by atoms with van der Waals surface area (Å²) >= 11 is 1.34. The van der Waals surface area contributed by atoms with E-state index in [1.807, 2.05) is 20.2 Å². The maximum Gasteiger partial charge on any atom is 0.305 e. The molecule has 7 nitrogen and oxygen atoms in total. The van der Waals surface area contributed by atoms with Crippen LogP contribution in [0.4, 0.5) is 0 Å². The van der Waals surface area contributed by atoms with Crippen LogP contribution in [0, 0.1) is 6.92 Å². The number of hydrogen-bond donors (Lipinski definition) is 1. The van der Waals surface area contributed by atoms with Gasteiger partial charge in [-0.1, -0.05) is 0 Å². The van der Waals surface area contributed by atoms with Gasteiger partial charge in [-0.3, -0.25) is 14.3 Å². The Morgan fingerprint density at radius 3 is 2.91 bits per heavy atom. The van der Waals surface area contributed by atoms with E-state index in [4.69, 9.17) is 5.11 Å². The Hall–Kier alpha value is -2.22. The smallest absolute Gasteiger partial charge is 0.305 e. The number of carboxylic acid groups (broad SMARTS) is 1. The molecule has 1 unspecified atom stereocenters. The van der Waals surface area contributed by atoms with E-state index in [9.17, 15) is 9.59 Å². The number of amides is 1. The highest BCUT2D eigenvalue weighted by Gasteiger charge is 2.32. The van der Waals surface area contributed by atoms with Crippen molar-refractivity contribution in [3.05, 3.63) is 23.0 Å². The van der Waals surface area contributed by atoms with Crippen molar-refractivity contribution in [2.45, 2.75) is 32.2 Å². The summed E-state index contributed by atoms with van der Waals surface area (Å²) in [5.41, 5.74) is 1.56. The first kappa shape index (κ1) is 15.7. The predicted octanol–water partition coefficient (Wildman–Crippen LogP) is 1.93. The molecule has 1 atom stereocenters. The maximum absolute atomic E-state index is 12.8. The lowest BCUT2D eigenvalue weighted by molar-refractivity contribution is -0.137. The van der Waals surface area contributed by atoms with Crippen LogP contribution >= 0.6 is 11.3 Å². The summed E-state index contributed by atoms with van der Waals surface area (Å²) in [6.07, 6.45) is 5.16. The Morgan fingerprint density at radius 2 is 2.26 bits per heavy atom. The van der Waals surface area contributed by atoms with E-state index in [-0.39, 0.29) is 18.4 Å². The third kappa shape index (κ3) is 3.12. The van der Waals surface area contributed by atoms with Crippen LogP contribution in [0.5, 0.6) is 0 Å². The lowest BCUT2D eigenvalue weighted by atomic mass is 10.1. The SMILES string of the molecule is Cc1nc(-c2cnn(C)c2)sc1C(=O)N1CCCC1CC(=O)O. The molecule has 3 heterocycles. The average Bonchev–Trinajstić information content (AvgIpc) is 3.18. The molecule has 1 saturated heterocycles. The van der Waals surface area contributed by atoms with Crippen molar-refractivity contribution in [3.63, 3.8) is 0 Å². The van der Waals surface area contributed by atoms with Crippen LogP contribution < -0.4 is 0 Å². The van der Waals surface area contributed by atoms with E-state index >= 15 is 0 Å². The summed E-state index contributed by atoms with van der Waals surface area (Å²) in [6.45, 7) is 2.42. The molecule has 0 aliphatic carbocycles. The summed E-state index contributed by atoms with van der Waals surface area (Å²) < 4.78 is 1.69. The second-order valence-corrected chi connectivity index (χ2v) is 6.73. The topological polar surface area (TPSA) is 88.3 Å². The molecule has 0 aromatic carbocycles. The first-order chi connectivity index (χ1) is 11.0. The van der Waals surface area contributed by atoms with Crippen LogP contribution in [0.2, 0.25) is 0 Å². The molecule has 0 saturated carbocycles. The minimum Gasteiger partial charge on any atom is -0.481 e. The largest absolute Gasteiger partial charge is 0.481 e. The molecule has 2 aromatic heterocycles. The van der Waals surface area contributed by atoms with Crippen molar-refractivity contribution in [3.8, 4) is 10.6 Å². The van der Waals surface area contributed by atoms with Crippen LogP contribution in [0.25, 0.3) is 10.6 Å². The number of rotatable bonds is 4. The Bertz CT molecular complexity index is 752. The maximum atomic E-state index is 12.8. The molecule has 1 amide bonds. The number of aliphatic carboxylic acids is 1. The highest BCUT2D eigenvalue weighted by atomic mass is 32.1. The molecule has 0 radical (unpaired) electrons. The minimum absolute atomic E-state index is 0.000939. The van der Waals surface area contributed by atoms with Gasteiger partial charge in [0.05, 0.1) is 18.3 Å². The summed E-state index contributed by atoms with van der Waals surface area (Å²) in [7, 11) is 1.83. The fourth-order valence-corrected chi connectivity index (χ4v) is 3.89. The second kappa shape index (κ2) is 6.11. The number of carbonyl (C=O) groups is 2. The number of carboxylic acids is 1. The molecule has 23 heavy (non-hydrogen) atoms. The molecule has 2 aromatic rings. The van der Waals surface area contributed by atoms with Gasteiger partial charge >= 0.3 is 5.97 Å². The van der Waals surface area contributed by atoms with E-state index < -0.39 is 5.97 Å². The molecule has 0 bridgehead atoms. The van der Waals surface area contributed by atoms with Gasteiger partial charge in [0.2, 0.25) is 0 Å². The van der Waals surface area contributed by atoms with E-state index in [0.29, 0.717) is 17.1 Å². The minimum atomic E-state index is -0.869. The number of carbonyl (C=O) groups excluding carboxylic acids is 1. The van der Waals surface area contributed by atoms with E-state index in [0.717, 1.165) is 23.4 Å². The van der Waals surface area contributed by atoms with Gasteiger partial charge in [-0.2, -0.15) is 5.10 Å². The van der Waals surface area contributed by atoms with Crippen LogP contribution in [-0.2, 0) is 11.8 Å². The van der Waals surface area contributed by atoms with Crippen molar-refractivity contribution in [1.82, 2.24) is 19.7 Å². The number of hydrogen-bond acceptors (Lipinski definition) is 5. The van der Waals surface area contributed by atoms with Crippen molar-refractivity contribution >= 4 is 23.2 Å². The molecule has 1 aliphatic rings. The predicted molar refractivity (Wildman–Crippen MR) is 85.4 cm³/mol. The van der Waals surface area contributed by atoms with Crippen molar-refractivity contribution in [1.29, 1.82) is 0 Å². The Balaban J connectivity index is 1.85. The first-order valence-electron chi connectivity index (χ1n) is 7.45. The van der Waals surface area contributed by atoms with Crippen LogP contribution in [-0.4, -0.2) is 49.2 Å². The first-order valence-corrected chi connectivity index (χ1v) is 8.26. The lowest BCUT2D eigenvalue weighted by Crippen LogP contribution is -2.36. The van der Waals surface area contributed by atoms with Crippen molar-refractivity contribution in [2.75, 3.05) is 6.54 Å². The van der Waals surface area contributed by atoms with Crippen LogP contribution in [0.15, 0.2) is 12.4 Å². The molecule has 8 heteroatoms. The van der Waals surface area contributed by atoms with Gasteiger partial charge in [0.25, 0.3) is 5.91 Å². The molecule has 122 valence electrons. The molecular weight excluding hydrogens is 316 g/mol. The molecule has 1 N–H and O–H groups in total. The Labute approximate surface area is 137 Å². The standard InChI is InChI=1S/C15H18N4O3S/c1-9-13(23-14(17-9)10-7-16-18(2)8-10)15(22)19-5-3-4-11(19)6-12(20)21/h7-8,11H,3-6H2,1-2H3,(H,20,21). The quantitative estimate of drug-likeness (QED) is 0.923. The van der Waals surface area contributed by atoms with Crippen LogP contribution in [0.1, 0.15) is 34.6 Å². The zero-order valence-corrected chi connectivity index (χ0v) is 13.8. The van der Waals surface area contributed by atoms with Gasteiger partial charge in [-0.05, 0) is 19.8 Å². The van der Waals surface area contributed by atoms with Gasteiger partial charge < -0.3 is 10.0 Å². The fourth-order valence-electron chi connectivity index (χ4n) is 2.90. The van der Waals surface area contributed by atoms with E-state index in [2.05, 4.69) is 10.1 Å². The molecular formula is C15H18N4O3S. The average molecular weight is 334 g/mol. The van der Waals surface area contributed by atoms with Gasteiger partial charge in [0, 0.05) is 31.4 Å². The number of aromatic nitrogens is 3. The number of nitrogens with zero attached hydrogens (tertiary/aromatic N) is 4. The zero-order valence-electron chi connectivity index (χ0n) is 13.0. The molecule has 1 fully saturated rings. The Kier molecular flexibility index (Phi) is 4.16. The second-order valence-electron chi connectivity index (χ2n) is 5.73.